The average molecular weight is 924 g/mol. The molecule has 15 nitrogen and oxygen atoms in total. The zero-order valence-electron chi connectivity index (χ0n) is 40.0. The number of H-pyrrole nitrogens is 2. The van der Waals surface area contributed by atoms with Crippen LogP contribution in [0, 0.1) is 11.8 Å². The van der Waals surface area contributed by atoms with Gasteiger partial charge in [0, 0.05) is 25.8 Å². The van der Waals surface area contributed by atoms with Crippen LogP contribution in [-0.4, -0.2) is 103 Å². The summed E-state index contributed by atoms with van der Waals surface area (Å²) in [6.07, 6.45) is 9.64. The molecule has 1 aliphatic carbocycles. The number of carbonyl (C=O) groups excluding carboxylic acids is 3. The highest BCUT2D eigenvalue weighted by molar-refractivity contribution is 5.87. The Labute approximate surface area is 398 Å². The topological polar surface area (TPSA) is 180 Å². The number of aromatic amines is 2. The number of aromatic nitrogens is 4. The van der Waals surface area contributed by atoms with E-state index in [1.54, 1.807) is 4.90 Å². The van der Waals surface area contributed by atoms with Crippen molar-refractivity contribution in [3.63, 3.8) is 0 Å². The first kappa shape index (κ1) is 46.5. The number of likely N-dealkylation sites (tertiary alicyclic amines) is 2. The smallest absolute Gasteiger partial charge is 0.407 e. The summed E-state index contributed by atoms with van der Waals surface area (Å²) in [5.41, 5.74) is 8.86. The van der Waals surface area contributed by atoms with Gasteiger partial charge >= 0.3 is 12.2 Å². The number of hydrogen-bond donors (Lipinski definition) is 4. The third-order valence-electron chi connectivity index (χ3n) is 14.7. The molecule has 3 aromatic carbocycles. The van der Waals surface area contributed by atoms with Crippen LogP contribution in [-0.2, 0) is 14.3 Å². The third-order valence-corrected chi connectivity index (χ3v) is 14.7. The van der Waals surface area contributed by atoms with Crippen molar-refractivity contribution in [3.05, 3.63) is 114 Å². The molecule has 4 aliphatic rings. The molecule has 0 spiro atoms. The van der Waals surface area contributed by atoms with Crippen LogP contribution in [0.5, 0.6) is 0 Å². The number of methoxy groups -OCH3 is 1. The fourth-order valence-corrected chi connectivity index (χ4v) is 10.9. The predicted octanol–water partition coefficient (Wildman–Crippen LogP) is 9.77. The third kappa shape index (κ3) is 9.31. The number of rotatable bonds is 14. The number of likely N-dealkylation sites (N-methyl/N-ethyl adjacent to an activating group) is 1. The maximum atomic E-state index is 13.8. The van der Waals surface area contributed by atoms with E-state index in [1.165, 1.54) is 49.4 Å². The Bertz CT molecular complexity index is 2580. The minimum Gasteiger partial charge on any atom is -0.465 e. The number of nitrogens with one attached hydrogen (secondary N) is 3. The number of carboxylic acid groups (broad SMARTS) is 1. The number of alkyl carbamates (subject to hydrolysis) is 1. The second kappa shape index (κ2) is 19.5. The van der Waals surface area contributed by atoms with E-state index in [2.05, 4.69) is 93.0 Å². The van der Waals surface area contributed by atoms with Gasteiger partial charge in [0.25, 0.3) is 0 Å². The summed E-state index contributed by atoms with van der Waals surface area (Å²) < 4.78 is 4.81. The number of imidazole rings is 2. The van der Waals surface area contributed by atoms with E-state index in [9.17, 15) is 24.3 Å². The lowest BCUT2D eigenvalue weighted by molar-refractivity contribution is -0.138. The van der Waals surface area contributed by atoms with Crippen molar-refractivity contribution in [2.45, 2.75) is 121 Å². The Morgan fingerprint density at radius 1 is 0.662 bits per heavy atom. The molecule has 0 radical (unpaired) electrons. The number of ether oxygens (including phenoxy) is 1. The van der Waals surface area contributed by atoms with Crippen molar-refractivity contribution in [2.24, 2.45) is 11.8 Å². The molecule has 0 unspecified atom stereocenters. The van der Waals surface area contributed by atoms with Crippen molar-refractivity contribution in [3.8, 4) is 22.5 Å². The van der Waals surface area contributed by atoms with Crippen LogP contribution in [0.1, 0.15) is 137 Å². The zero-order chi connectivity index (χ0) is 47.8. The van der Waals surface area contributed by atoms with Gasteiger partial charge in [0.1, 0.15) is 23.7 Å². The summed E-state index contributed by atoms with van der Waals surface area (Å²) in [5.74, 6) is 1.52. The highest BCUT2D eigenvalue weighted by Crippen LogP contribution is 2.48. The summed E-state index contributed by atoms with van der Waals surface area (Å²) in [7, 11) is 2.77. The number of benzene rings is 3. The van der Waals surface area contributed by atoms with Gasteiger partial charge in [-0.1, -0.05) is 88.4 Å². The molecule has 0 bridgehead atoms. The molecule has 15 heteroatoms. The Balaban J connectivity index is 0.919. The van der Waals surface area contributed by atoms with Crippen LogP contribution < -0.4 is 10.2 Å². The Morgan fingerprint density at radius 2 is 1.15 bits per heavy atom. The van der Waals surface area contributed by atoms with Crippen LogP contribution in [0.3, 0.4) is 0 Å². The van der Waals surface area contributed by atoms with Crippen molar-refractivity contribution in [2.75, 3.05) is 32.1 Å². The Hall–Kier alpha value is -6.64. The first-order valence-electron chi connectivity index (χ1n) is 24.4. The molecule has 68 heavy (non-hydrogen) atoms. The fourth-order valence-electron chi connectivity index (χ4n) is 10.9. The molecule has 4 fully saturated rings. The highest BCUT2D eigenvalue weighted by Gasteiger charge is 2.41. The monoisotopic (exact) mass is 924 g/mol. The highest BCUT2D eigenvalue weighted by atomic mass is 16.5. The van der Waals surface area contributed by atoms with Gasteiger partial charge in [-0.2, -0.15) is 0 Å². The standard InChI is InChI=1S/C53H65N9O6/c1-31(2)46(58-52(65)68-6)50(63)60-27-7-9-44(60)48-54-29-40(56-48)35-13-17-37(18-14-35)42-25-26-43(62(42)39-23-21-34(22-24-39)33-11-12-33)38-19-15-36(16-20-38)41-30-55-49(57-41)45-10-8-28-61(45)51(64)47(32(3)4)59(5)53(66)67/h13-24,29-33,42-47H,7-12,25-28H2,1-6H3,(H,54,56)(H,55,57)(H,58,65)(H,66,67)/t42-,43-,44+,45+,46+,47+/m1/s1. The van der Waals surface area contributed by atoms with E-state index in [0.717, 1.165) is 71.8 Å². The van der Waals surface area contributed by atoms with E-state index in [4.69, 9.17) is 14.7 Å². The summed E-state index contributed by atoms with van der Waals surface area (Å²) in [6, 6.07) is 25.1. The van der Waals surface area contributed by atoms with E-state index in [1.807, 2.05) is 45.0 Å². The number of amides is 4. The SMILES string of the molecule is COC(=O)N[C@H](C(=O)N1CCC[C@H]1c1ncc(-c2ccc([C@H]3CC[C@H](c4ccc(-c5cnc([C@@H]6CCCN6C(=O)[C@H](C(C)C)N(C)C(=O)O)[nH]5)cc4)N3c3ccc(C4CC4)cc3)cc2)[nH]1)C(C)C. The number of hydrogen-bond acceptors (Lipinski definition) is 8. The lowest BCUT2D eigenvalue weighted by Crippen LogP contribution is -2.51. The summed E-state index contributed by atoms with van der Waals surface area (Å²) in [4.78, 5) is 75.4. The molecule has 5 heterocycles. The summed E-state index contributed by atoms with van der Waals surface area (Å²) in [5, 5.41) is 12.4. The molecule has 358 valence electrons. The minimum absolute atomic E-state index is 0.110. The largest absolute Gasteiger partial charge is 0.465 e. The molecule has 4 amide bonds. The average Bonchev–Trinajstić information content (AvgIpc) is 3.96. The van der Waals surface area contributed by atoms with Crippen LogP contribution >= 0.6 is 0 Å². The van der Waals surface area contributed by atoms with Gasteiger partial charge in [0.15, 0.2) is 0 Å². The van der Waals surface area contributed by atoms with Crippen molar-refractivity contribution in [1.82, 2.24) is 40.0 Å². The molecule has 6 atom stereocenters. The quantitative estimate of drug-likeness (QED) is 0.0844. The molecule has 4 N–H and O–H groups in total. The number of anilines is 1. The van der Waals surface area contributed by atoms with Gasteiger partial charge in [-0.15, -0.1) is 0 Å². The summed E-state index contributed by atoms with van der Waals surface area (Å²) >= 11 is 0. The van der Waals surface area contributed by atoms with Crippen LogP contribution in [0.2, 0.25) is 0 Å². The van der Waals surface area contributed by atoms with Crippen molar-refractivity contribution >= 4 is 29.7 Å². The van der Waals surface area contributed by atoms with Gasteiger partial charge in [0.05, 0.1) is 55.1 Å². The maximum absolute atomic E-state index is 13.8. The molecule has 9 rings (SSSR count). The first-order valence-corrected chi connectivity index (χ1v) is 24.4. The van der Waals surface area contributed by atoms with E-state index >= 15 is 0 Å². The number of carbonyl (C=O) groups is 4. The molecule has 1 saturated carbocycles. The Kier molecular flexibility index (Phi) is 13.3. The molecule has 3 aliphatic heterocycles. The van der Waals surface area contributed by atoms with Crippen LogP contribution in [0.4, 0.5) is 15.3 Å². The molecular formula is C53H65N9O6. The number of nitrogens with zero attached hydrogens (tertiary/aromatic N) is 6. The van der Waals surface area contributed by atoms with Crippen LogP contribution in [0.25, 0.3) is 22.5 Å². The van der Waals surface area contributed by atoms with Crippen LogP contribution in [0.15, 0.2) is 85.2 Å². The molecular weight excluding hydrogens is 859 g/mol. The normalized spacial score (nSPS) is 21.4. The fraction of sp³-hybridized carbons (Fsp3) is 0.472. The van der Waals surface area contributed by atoms with Gasteiger partial charge in [-0.25, -0.2) is 19.6 Å². The summed E-state index contributed by atoms with van der Waals surface area (Å²) in [6.45, 7) is 8.74. The lowest BCUT2D eigenvalue weighted by atomic mass is 10.0. The zero-order valence-corrected chi connectivity index (χ0v) is 40.0. The van der Waals surface area contributed by atoms with Crippen molar-refractivity contribution < 1.29 is 29.0 Å². The predicted molar refractivity (Wildman–Crippen MR) is 260 cm³/mol. The van der Waals surface area contributed by atoms with E-state index < -0.39 is 24.3 Å². The lowest BCUT2D eigenvalue weighted by Gasteiger charge is -2.33. The minimum atomic E-state index is -1.12. The maximum Gasteiger partial charge on any atom is 0.407 e. The van der Waals surface area contributed by atoms with Gasteiger partial charge in [-0.05, 0) is 109 Å². The second-order valence-electron chi connectivity index (χ2n) is 19.8. The molecule has 2 aromatic heterocycles. The first-order chi connectivity index (χ1) is 32.8. The van der Waals surface area contributed by atoms with Gasteiger partial charge < -0.3 is 39.8 Å². The molecule has 5 aromatic rings. The second-order valence-corrected chi connectivity index (χ2v) is 19.8. The van der Waals surface area contributed by atoms with Crippen molar-refractivity contribution in [1.29, 1.82) is 0 Å². The van der Waals surface area contributed by atoms with E-state index in [-0.39, 0.29) is 47.8 Å². The Morgan fingerprint density at radius 3 is 1.59 bits per heavy atom. The molecule has 3 saturated heterocycles. The van der Waals surface area contributed by atoms with E-state index in [0.29, 0.717) is 24.8 Å². The van der Waals surface area contributed by atoms with Gasteiger partial charge in [-0.3, -0.25) is 14.5 Å². The van der Waals surface area contributed by atoms with Gasteiger partial charge in [0.2, 0.25) is 11.8 Å².